The third kappa shape index (κ3) is 5.48. The van der Waals surface area contributed by atoms with Crippen molar-refractivity contribution in [3.8, 4) is 0 Å². The number of carboxylic acid groups (broad SMARTS) is 1. The van der Waals surface area contributed by atoms with E-state index in [4.69, 9.17) is 27.9 Å². The van der Waals surface area contributed by atoms with Gasteiger partial charge in [-0.15, -0.1) is 0 Å². The summed E-state index contributed by atoms with van der Waals surface area (Å²) in [5, 5.41) is 20.4. The normalized spacial score (nSPS) is 19.6. The van der Waals surface area contributed by atoms with Crippen LogP contribution in [-0.2, 0) is 16.1 Å². The zero-order chi connectivity index (χ0) is 21.0. The Bertz CT molecular complexity index is 902. The number of nitrogens with zero attached hydrogens (tertiary/aromatic N) is 2. The Morgan fingerprint density at radius 2 is 2.14 bits per heavy atom. The van der Waals surface area contributed by atoms with Crippen molar-refractivity contribution in [2.45, 2.75) is 19.6 Å². The Morgan fingerprint density at radius 1 is 1.34 bits per heavy atom. The van der Waals surface area contributed by atoms with Gasteiger partial charge in [-0.05, 0) is 30.7 Å². The number of amides is 1. The Balaban J connectivity index is 1.67. The van der Waals surface area contributed by atoms with Gasteiger partial charge in [-0.25, -0.2) is 9.48 Å². The molecule has 2 unspecified atom stereocenters. The molecule has 1 aliphatic heterocycles. The molecule has 2 aromatic rings. The molecule has 29 heavy (non-hydrogen) atoms. The first-order valence-electron chi connectivity index (χ1n) is 9.17. The summed E-state index contributed by atoms with van der Waals surface area (Å²) >= 11 is 12.2. The lowest BCUT2D eigenvalue weighted by Crippen LogP contribution is -2.38. The molecule has 0 aliphatic carbocycles. The number of carbonyl (C=O) groups excluding carboxylic acids is 1. The van der Waals surface area contributed by atoms with Crippen LogP contribution < -0.4 is 10.6 Å². The molecule has 0 radical (unpaired) electrons. The molecule has 1 amide bonds. The summed E-state index contributed by atoms with van der Waals surface area (Å²) in [6, 6.07) is 6.80. The topological polar surface area (TPSA) is 105 Å². The highest BCUT2D eigenvalue weighted by Gasteiger charge is 2.27. The third-order valence-electron chi connectivity index (χ3n) is 4.66. The highest BCUT2D eigenvalue weighted by Crippen LogP contribution is 2.31. The zero-order valence-electron chi connectivity index (χ0n) is 15.8. The number of benzene rings is 1. The molecule has 1 aromatic heterocycles. The number of carbonyl (C=O) groups is 2. The third-order valence-corrected chi connectivity index (χ3v) is 5.40. The van der Waals surface area contributed by atoms with Gasteiger partial charge < -0.3 is 20.5 Å². The van der Waals surface area contributed by atoms with Crippen LogP contribution >= 0.6 is 23.2 Å². The van der Waals surface area contributed by atoms with Crippen LogP contribution in [0.15, 0.2) is 24.3 Å². The van der Waals surface area contributed by atoms with Gasteiger partial charge in [0.1, 0.15) is 12.2 Å². The summed E-state index contributed by atoms with van der Waals surface area (Å²) in [5.74, 6) is -1.50. The van der Waals surface area contributed by atoms with Crippen molar-refractivity contribution in [1.29, 1.82) is 0 Å². The molecule has 1 saturated heterocycles. The van der Waals surface area contributed by atoms with Gasteiger partial charge in [0.2, 0.25) is 5.91 Å². The highest BCUT2D eigenvalue weighted by atomic mass is 35.5. The number of ether oxygens (including phenoxy) is 1. The van der Waals surface area contributed by atoms with Gasteiger partial charge in [-0.2, -0.15) is 5.10 Å². The van der Waals surface area contributed by atoms with Crippen molar-refractivity contribution in [3.63, 3.8) is 0 Å². The predicted molar refractivity (Wildman–Crippen MR) is 108 cm³/mol. The number of hydrogen-bond acceptors (Lipinski definition) is 5. The maximum absolute atomic E-state index is 12.4. The van der Waals surface area contributed by atoms with Gasteiger partial charge in [0.15, 0.2) is 0 Å². The molecule has 3 rings (SSSR count). The second-order valence-corrected chi connectivity index (χ2v) is 7.68. The Labute approximate surface area is 178 Å². The van der Waals surface area contributed by atoms with Crippen LogP contribution in [0.2, 0.25) is 10.0 Å². The number of aryl methyl sites for hydroxylation is 1. The molecule has 1 aliphatic rings. The Kier molecular flexibility index (Phi) is 7.13. The molecule has 156 valence electrons. The Morgan fingerprint density at radius 3 is 2.86 bits per heavy atom. The zero-order valence-corrected chi connectivity index (χ0v) is 17.3. The molecule has 3 N–H and O–H groups in total. The minimum absolute atomic E-state index is 0.0224. The van der Waals surface area contributed by atoms with Crippen LogP contribution in [0.5, 0.6) is 0 Å². The van der Waals surface area contributed by atoms with Crippen molar-refractivity contribution in [3.05, 3.63) is 51.3 Å². The number of aromatic carboxylic acids is 1. The van der Waals surface area contributed by atoms with E-state index in [1.165, 1.54) is 10.7 Å². The second-order valence-electron chi connectivity index (χ2n) is 6.87. The van der Waals surface area contributed by atoms with Gasteiger partial charge >= 0.3 is 5.97 Å². The minimum atomic E-state index is -1.13. The fourth-order valence-corrected chi connectivity index (χ4v) is 3.61. The molecular weight excluding hydrogens is 419 g/mol. The van der Waals surface area contributed by atoms with Crippen molar-refractivity contribution in [2.24, 2.45) is 5.92 Å². The fourth-order valence-electron chi connectivity index (χ4n) is 3.30. The lowest BCUT2D eigenvalue weighted by atomic mass is 9.95. The SMILES string of the molecule is Cc1cc(C(=O)O)n(CC(=O)NCC2CNCCOC2c2ccc(Cl)c(Cl)c2)n1. The number of rotatable bonds is 6. The summed E-state index contributed by atoms with van der Waals surface area (Å²) in [6.45, 7) is 3.73. The summed E-state index contributed by atoms with van der Waals surface area (Å²) < 4.78 is 7.18. The molecule has 8 nitrogen and oxygen atoms in total. The average molecular weight is 441 g/mol. The highest BCUT2D eigenvalue weighted by molar-refractivity contribution is 6.42. The van der Waals surface area contributed by atoms with E-state index in [1.54, 1.807) is 19.1 Å². The molecular formula is C19H22Cl2N4O4. The van der Waals surface area contributed by atoms with Gasteiger partial charge in [0.05, 0.1) is 28.5 Å². The average Bonchev–Trinajstić information content (AvgIpc) is 2.88. The van der Waals surface area contributed by atoms with Crippen LogP contribution in [-0.4, -0.2) is 53.0 Å². The predicted octanol–water partition coefficient (Wildman–Crippen LogP) is 2.29. The maximum Gasteiger partial charge on any atom is 0.354 e. The van der Waals surface area contributed by atoms with Crippen LogP contribution in [0.3, 0.4) is 0 Å². The van der Waals surface area contributed by atoms with Gasteiger partial charge in [0.25, 0.3) is 0 Å². The van der Waals surface area contributed by atoms with Crippen molar-refractivity contribution < 1.29 is 19.4 Å². The van der Waals surface area contributed by atoms with Crippen LogP contribution in [0, 0.1) is 12.8 Å². The number of carboxylic acids is 1. The van der Waals surface area contributed by atoms with Crippen LogP contribution in [0.4, 0.5) is 0 Å². The monoisotopic (exact) mass is 440 g/mol. The molecule has 1 fully saturated rings. The second kappa shape index (κ2) is 9.58. The molecule has 2 heterocycles. The van der Waals surface area contributed by atoms with Crippen LogP contribution in [0.1, 0.15) is 27.8 Å². The van der Waals surface area contributed by atoms with E-state index in [0.29, 0.717) is 42.0 Å². The lowest BCUT2D eigenvalue weighted by molar-refractivity contribution is -0.122. The van der Waals surface area contributed by atoms with E-state index >= 15 is 0 Å². The molecule has 10 heteroatoms. The minimum Gasteiger partial charge on any atom is -0.477 e. The molecule has 0 spiro atoms. The number of halogens is 2. The van der Waals surface area contributed by atoms with Crippen molar-refractivity contribution in [2.75, 3.05) is 26.2 Å². The summed E-state index contributed by atoms with van der Waals surface area (Å²) in [4.78, 5) is 23.7. The number of nitrogens with one attached hydrogen (secondary N) is 2. The van der Waals surface area contributed by atoms with Gasteiger partial charge in [-0.3, -0.25) is 4.79 Å². The molecule has 0 bridgehead atoms. The maximum atomic E-state index is 12.4. The van der Waals surface area contributed by atoms with Crippen molar-refractivity contribution >= 4 is 35.1 Å². The summed E-state index contributed by atoms with van der Waals surface area (Å²) in [7, 11) is 0. The van der Waals surface area contributed by atoms with E-state index in [9.17, 15) is 14.7 Å². The van der Waals surface area contributed by atoms with Gasteiger partial charge in [-0.1, -0.05) is 29.3 Å². The quantitative estimate of drug-likeness (QED) is 0.636. The van der Waals surface area contributed by atoms with E-state index in [-0.39, 0.29) is 30.2 Å². The standard InChI is InChI=1S/C19H22Cl2N4O4/c1-11-6-16(19(27)28)25(24-11)10-17(26)23-9-13-8-22-4-5-29-18(13)12-2-3-14(20)15(21)7-12/h2-3,6-7,13,18,22H,4-5,8-10H2,1H3,(H,23,26)(H,27,28). The van der Waals surface area contributed by atoms with E-state index in [1.807, 2.05) is 6.07 Å². The molecule has 2 atom stereocenters. The smallest absolute Gasteiger partial charge is 0.354 e. The van der Waals surface area contributed by atoms with E-state index < -0.39 is 5.97 Å². The molecule has 1 aromatic carbocycles. The van der Waals surface area contributed by atoms with E-state index in [0.717, 1.165) is 5.56 Å². The largest absolute Gasteiger partial charge is 0.477 e. The number of hydrogen-bond donors (Lipinski definition) is 3. The fraction of sp³-hybridized carbons (Fsp3) is 0.421. The van der Waals surface area contributed by atoms with E-state index in [2.05, 4.69) is 15.7 Å². The van der Waals surface area contributed by atoms with Crippen molar-refractivity contribution in [1.82, 2.24) is 20.4 Å². The Hall–Kier alpha value is -2.13. The lowest BCUT2D eigenvalue weighted by Gasteiger charge is -2.25. The summed E-state index contributed by atoms with van der Waals surface area (Å²) in [5.41, 5.74) is 1.40. The summed E-state index contributed by atoms with van der Waals surface area (Å²) in [6.07, 6.45) is -0.262. The first-order valence-corrected chi connectivity index (χ1v) is 9.92. The number of aromatic nitrogens is 2. The van der Waals surface area contributed by atoms with Crippen LogP contribution in [0.25, 0.3) is 0 Å². The molecule has 0 saturated carbocycles. The van der Waals surface area contributed by atoms with Gasteiger partial charge in [0, 0.05) is 25.6 Å². The first kappa shape index (κ1) is 21.6. The first-order chi connectivity index (χ1) is 13.8.